The van der Waals surface area contributed by atoms with Gasteiger partial charge in [0.05, 0.1) is 13.7 Å². The lowest BCUT2D eigenvalue weighted by molar-refractivity contribution is -0.125. The lowest BCUT2D eigenvalue weighted by Crippen LogP contribution is -2.47. The number of para-hydroxylation sites is 1. The van der Waals surface area contributed by atoms with E-state index in [0.717, 1.165) is 47.2 Å². The molecule has 0 atom stereocenters. The Morgan fingerprint density at radius 3 is 2.71 bits per heavy atom. The molecule has 3 aromatic rings. The van der Waals surface area contributed by atoms with Gasteiger partial charge in [-0.3, -0.25) is 20.4 Å². The molecule has 0 radical (unpaired) electrons. The number of hydrogen-bond donors (Lipinski definition) is 2. The Bertz CT molecular complexity index is 1140. The van der Waals surface area contributed by atoms with Gasteiger partial charge in [-0.2, -0.15) is 0 Å². The summed E-state index contributed by atoms with van der Waals surface area (Å²) in [4.78, 5) is 26.5. The number of methoxy groups -OCH3 is 1. The summed E-state index contributed by atoms with van der Waals surface area (Å²) in [6.45, 7) is 1.03. The molecule has 1 aliphatic rings. The van der Waals surface area contributed by atoms with E-state index in [9.17, 15) is 9.59 Å². The fourth-order valence-electron chi connectivity index (χ4n) is 3.81. The van der Waals surface area contributed by atoms with Crippen molar-refractivity contribution in [2.45, 2.75) is 12.8 Å². The number of nitrogens with zero attached hydrogens (tertiary/aromatic N) is 1. The van der Waals surface area contributed by atoms with Gasteiger partial charge in [0.15, 0.2) is 0 Å². The van der Waals surface area contributed by atoms with Gasteiger partial charge in [0.1, 0.15) is 5.75 Å². The van der Waals surface area contributed by atoms with E-state index in [1.165, 1.54) is 11.6 Å². The predicted molar refractivity (Wildman–Crippen MR) is 123 cm³/mol. The minimum atomic E-state index is -0.387. The van der Waals surface area contributed by atoms with Crippen molar-refractivity contribution in [2.75, 3.05) is 25.1 Å². The van der Waals surface area contributed by atoms with E-state index in [4.69, 9.17) is 4.74 Å². The summed E-state index contributed by atoms with van der Waals surface area (Å²) in [5, 5.41) is 2.12. The molecule has 4 rings (SSSR count). The monoisotopic (exact) mass is 415 g/mol. The molecule has 0 fully saturated rings. The molecule has 1 aliphatic heterocycles. The number of amides is 2. The lowest BCUT2D eigenvalue weighted by atomic mass is 10.0. The number of fused-ring (bicyclic) bond motifs is 2. The van der Waals surface area contributed by atoms with E-state index in [2.05, 4.69) is 16.9 Å². The van der Waals surface area contributed by atoms with Gasteiger partial charge in [-0.05, 0) is 65.1 Å². The Hall–Kier alpha value is -3.80. The van der Waals surface area contributed by atoms with Crippen LogP contribution < -0.4 is 20.5 Å². The maximum Gasteiger partial charge on any atom is 0.262 e. The van der Waals surface area contributed by atoms with Crippen molar-refractivity contribution in [3.63, 3.8) is 0 Å². The maximum absolute atomic E-state index is 12.3. The molecule has 3 aromatic carbocycles. The van der Waals surface area contributed by atoms with E-state index >= 15 is 0 Å². The summed E-state index contributed by atoms with van der Waals surface area (Å²) in [5.41, 5.74) is 8.18. The molecule has 0 aromatic heterocycles. The molecule has 2 amide bonds. The van der Waals surface area contributed by atoms with Gasteiger partial charge in [-0.25, -0.2) is 0 Å². The first kappa shape index (κ1) is 20.5. The first-order chi connectivity index (χ1) is 15.1. The smallest absolute Gasteiger partial charge is 0.262 e. The van der Waals surface area contributed by atoms with Gasteiger partial charge in [-0.15, -0.1) is 0 Å². The zero-order chi connectivity index (χ0) is 21.6. The highest BCUT2D eigenvalue weighted by Crippen LogP contribution is 2.26. The molecule has 2 N–H and O–H groups in total. The van der Waals surface area contributed by atoms with Crippen LogP contribution in [0.4, 0.5) is 5.69 Å². The zero-order valence-corrected chi connectivity index (χ0v) is 17.4. The van der Waals surface area contributed by atoms with Gasteiger partial charge >= 0.3 is 0 Å². The van der Waals surface area contributed by atoms with Crippen LogP contribution in [0, 0.1) is 0 Å². The van der Waals surface area contributed by atoms with Crippen LogP contribution in [0.2, 0.25) is 0 Å². The fourth-order valence-corrected chi connectivity index (χ4v) is 3.81. The number of rotatable bonds is 5. The summed E-state index contributed by atoms with van der Waals surface area (Å²) < 4.78 is 5.24. The van der Waals surface area contributed by atoms with Crippen molar-refractivity contribution in [3.8, 4) is 5.75 Å². The molecule has 6 nitrogen and oxygen atoms in total. The largest absolute Gasteiger partial charge is 0.497 e. The zero-order valence-electron chi connectivity index (χ0n) is 17.4. The molecule has 0 aliphatic carbocycles. The number of ether oxygens (including phenoxy) is 1. The van der Waals surface area contributed by atoms with Crippen molar-refractivity contribution >= 4 is 34.4 Å². The summed E-state index contributed by atoms with van der Waals surface area (Å²) >= 11 is 0. The molecule has 1 heterocycles. The Labute approximate surface area is 181 Å². The van der Waals surface area contributed by atoms with Crippen LogP contribution in [0.25, 0.3) is 16.8 Å². The third-order valence-corrected chi connectivity index (χ3v) is 5.36. The van der Waals surface area contributed by atoms with Crippen LogP contribution in [0.15, 0.2) is 66.7 Å². The molecule has 0 bridgehead atoms. The first-order valence-corrected chi connectivity index (χ1v) is 10.3. The highest BCUT2D eigenvalue weighted by Gasteiger charge is 2.18. The van der Waals surface area contributed by atoms with Crippen LogP contribution in [0.5, 0.6) is 5.75 Å². The fraction of sp³-hybridized carbons (Fsp3) is 0.200. The molecule has 0 saturated heterocycles. The SMILES string of the molecule is COc1ccc2cc(/C=C/C(=O)NNC(=O)CN3CCCc4ccccc43)ccc2c1. The van der Waals surface area contributed by atoms with Crippen LogP contribution >= 0.6 is 0 Å². The number of hydrazine groups is 1. The third kappa shape index (κ3) is 5.04. The Morgan fingerprint density at radius 1 is 1.03 bits per heavy atom. The van der Waals surface area contributed by atoms with Crippen molar-refractivity contribution in [3.05, 3.63) is 77.9 Å². The second-order valence-corrected chi connectivity index (χ2v) is 7.50. The number of carbonyl (C=O) groups is 2. The van der Waals surface area contributed by atoms with Gasteiger partial charge < -0.3 is 9.64 Å². The normalized spacial score (nSPS) is 13.1. The molecule has 31 heavy (non-hydrogen) atoms. The Balaban J connectivity index is 1.30. The standard InChI is InChI=1S/C25H25N3O3/c1-31-22-12-11-20-15-18(8-10-21(20)16-22)9-13-24(29)26-27-25(30)17-28-14-4-6-19-5-2-3-7-23(19)28/h2-3,5,7-13,15-16H,4,6,14,17H2,1H3,(H,26,29)(H,27,30)/b13-9+. The second-order valence-electron chi connectivity index (χ2n) is 7.50. The number of nitrogens with one attached hydrogen (secondary N) is 2. The van der Waals surface area contributed by atoms with E-state index in [1.54, 1.807) is 13.2 Å². The van der Waals surface area contributed by atoms with Gasteiger partial charge in [0, 0.05) is 18.3 Å². The van der Waals surface area contributed by atoms with Crippen LogP contribution in [-0.4, -0.2) is 32.0 Å². The van der Waals surface area contributed by atoms with E-state index in [0.29, 0.717) is 0 Å². The highest BCUT2D eigenvalue weighted by atomic mass is 16.5. The van der Waals surface area contributed by atoms with Crippen molar-refractivity contribution in [1.82, 2.24) is 10.9 Å². The number of hydrogen-bond acceptors (Lipinski definition) is 4. The highest BCUT2D eigenvalue weighted by molar-refractivity contribution is 5.94. The topological polar surface area (TPSA) is 70.7 Å². The van der Waals surface area contributed by atoms with E-state index in [1.807, 2.05) is 59.5 Å². The number of carbonyl (C=O) groups excluding carboxylic acids is 2. The second kappa shape index (κ2) is 9.34. The van der Waals surface area contributed by atoms with Crippen molar-refractivity contribution in [1.29, 1.82) is 0 Å². The van der Waals surface area contributed by atoms with Crippen LogP contribution in [-0.2, 0) is 16.0 Å². The van der Waals surface area contributed by atoms with Crippen molar-refractivity contribution in [2.24, 2.45) is 0 Å². The molecule has 0 unspecified atom stereocenters. The summed E-state index contributed by atoms with van der Waals surface area (Å²) in [6.07, 6.45) is 5.16. The van der Waals surface area contributed by atoms with Gasteiger partial charge in [-0.1, -0.05) is 36.4 Å². The lowest BCUT2D eigenvalue weighted by Gasteiger charge is -2.30. The molecule has 0 spiro atoms. The molecule has 158 valence electrons. The third-order valence-electron chi connectivity index (χ3n) is 5.36. The molecule has 6 heteroatoms. The quantitative estimate of drug-likeness (QED) is 0.495. The van der Waals surface area contributed by atoms with Gasteiger partial charge in [0.2, 0.25) is 0 Å². The minimum absolute atomic E-state index is 0.204. The number of benzene rings is 3. The minimum Gasteiger partial charge on any atom is -0.497 e. The number of anilines is 1. The Kier molecular flexibility index (Phi) is 6.17. The summed E-state index contributed by atoms with van der Waals surface area (Å²) in [5.74, 6) is 0.166. The van der Waals surface area contributed by atoms with E-state index < -0.39 is 0 Å². The molecular weight excluding hydrogens is 390 g/mol. The van der Waals surface area contributed by atoms with Gasteiger partial charge in [0.25, 0.3) is 11.8 Å². The predicted octanol–water partition coefficient (Wildman–Crippen LogP) is 3.46. The average Bonchev–Trinajstić information content (AvgIpc) is 2.81. The molecule has 0 saturated carbocycles. The maximum atomic E-state index is 12.3. The molecular formula is C25H25N3O3. The van der Waals surface area contributed by atoms with Crippen LogP contribution in [0.3, 0.4) is 0 Å². The Morgan fingerprint density at radius 2 is 1.84 bits per heavy atom. The average molecular weight is 415 g/mol. The first-order valence-electron chi connectivity index (χ1n) is 10.3. The summed E-state index contributed by atoms with van der Waals surface area (Å²) in [6, 6.07) is 19.9. The van der Waals surface area contributed by atoms with Crippen LogP contribution in [0.1, 0.15) is 17.5 Å². The number of aryl methyl sites for hydroxylation is 1. The van der Waals surface area contributed by atoms with E-state index in [-0.39, 0.29) is 18.4 Å². The van der Waals surface area contributed by atoms with Crippen molar-refractivity contribution < 1.29 is 14.3 Å². The summed E-state index contributed by atoms with van der Waals surface area (Å²) in [7, 11) is 1.64.